The fourth-order valence-electron chi connectivity index (χ4n) is 1.44. The highest BCUT2D eigenvalue weighted by molar-refractivity contribution is 6.31. The highest BCUT2D eigenvalue weighted by Gasteiger charge is 2.11. The number of carbonyl (C=O) groups is 1. The third-order valence-corrected chi connectivity index (χ3v) is 2.63. The number of benzene rings is 1. The number of amidine groups is 1. The molecular weight excluding hydrogens is 284 g/mol. The maximum absolute atomic E-state index is 11.6. The molecule has 0 bridgehead atoms. The van der Waals surface area contributed by atoms with E-state index in [1.54, 1.807) is 18.2 Å². The molecule has 8 heteroatoms. The van der Waals surface area contributed by atoms with Crippen LogP contribution in [0, 0.1) is 0 Å². The molecule has 7 nitrogen and oxygen atoms in total. The van der Waals surface area contributed by atoms with Gasteiger partial charge in [0.1, 0.15) is 5.75 Å². The summed E-state index contributed by atoms with van der Waals surface area (Å²) in [5.74, 6) is -0.237. The van der Waals surface area contributed by atoms with E-state index in [1.165, 1.54) is 19.5 Å². The van der Waals surface area contributed by atoms with Crippen LogP contribution in [0.5, 0.6) is 5.75 Å². The summed E-state index contributed by atoms with van der Waals surface area (Å²) in [5, 5.41) is 10.1. The molecule has 0 radical (unpaired) electrons. The summed E-state index contributed by atoms with van der Waals surface area (Å²) >= 11 is 5.88. The van der Waals surface area contributed by atoms with Gasteiger partial charge in [0.05, 0.1) is 24.4 Å². The average molecular weight is 295 g/mol. The van der Waals surface area contributed by atoms with Crippen LogP contribution in [0.2, 0.25) is 5.02 Å². The van der Waals surface area contributed by atoms with Crippen LogP contribution in [0.4, 0.5) is 0 Å². The standard InChI is InChI=1S/C12H11ClN4O3/c1-19-10-3-2-8(13)4-9(10)11(14)17-20-12(18)7-5-15-16-6-7/h2-6H,1H3,(H2,14,17)(H,15,16). The number of aromatic nitrogens is 2. The van der Waals surface area contributed by atoms with E-state index in [-0.39, 0.29) is 11.4 Å². The number of nitrogens with two attached hydrogens (primary N) is 1. The van der Waals surface area contributed by atoms with Gasteiger partial charge >= 0.3 is 5.97 Å². The van der Waals surface area contributed by atoms with Gasteiger partial charge < -0.3 is 15.3 Å². The number of nitrogens with zero attached hydrogens (tertiary/aromatic N) is 2. The lowest BCUT2D eigenvalue weighted by Crippen LogP contribution is -2.16. The quantitative estimate of drug-likeness (QED) is 0.385. The number of H-pyrrole nitrogens is 1. The minimum Gasteiger partial charge on any atom is -0.496 e. The zero-order valence-corrected chi connectivity index (χ0v) is 11.2. The van der Waals surface area contributed by atoms with Gasteiger partial charge in [-0.05, 0) is 18.2 Å². The summed E-state index contributed by atoms with van der Waals surface area (Å²) in [6, 6.07) is 4.84. The molecule has 0 fully saturated rings. The maximum atomic E-state index is 11.6. The molecule has 0 aliphatic rings. The van der Waals surface area contributed by atoms with E-state index in [4.69, 9.17) is 26.9 Å². The van der Waals surface area contributed by atoms with E-state index in [9.17, 15) is 4.79 Å². The average Bonchev–Trinajstić information content (AvgIpc) is 2.98. The molecule has 0 amide bonds. The third kappa shape index (κ3) is 3.07. The van der Waals surface area contributed by atoms with E-state index in [0.717, 1.165) is 0 Å². The second-order valence-corrected chi connectivity index (χ2v) is 4.12. The van der Waals surface area contributed by atoms with Crippen LogP contribution in [0.1, 0.15) is 15.9 Å². The van der Waals surface area contributed by atoms with E-state index < -0.39 is 5.97 Å². The first-order chi connectivity index (χ1) is 9.61. The maximum Gasteiger partial charge on any atom is 0.368 e. The van der Waals surface area contributed by atoms with Gasteiger partial charge in [-0.15, -0.1) is 0 Å². The summed E-state index contributed by atoms with van der Waals surface area (Å²) in [6.07, 6.45) is 2.70. The smallest absolute Gasteiger partial charge is 0.368 e. The highest BCUT2D eigenvalue weighted by atomic mass is 35.5. The molecule has 0 saturated carbocycles. The largest absolute Gasteiger partial charge is 0.496 e. The Morgan fingerprint density at radius 1 is 1.50 bits per heavy atom. The number of ether oxygens (including phenoxy) is 1. The number of hydrogen-bond acceptors (Lipinski definition) is 5. The molecule has 0 atom stereocenters. The monoisotopic (exact) mass is 294 g/mol. The summed E-state index contributed by atoms with van der Waals surface area (Å²) in [6.45, 7) is 0. The van der Waals surface area contributed by atoms with Gasteiger partial charge in [0, 0.05) is 11.2 Å². The van der Waals surface area contributed by atoms with Gasteiger partial charge in [-0.25, -0.2) is 4.79 Å². The minimum absolute atomic E-state index is 0.0267. The van der Waals surface area contributed by atoms with Crippen LogP contribution in [0.15, 0.2) is 35.7 Å². The van der Waals surface area contributed by atoms with Crippen LogP contribution in [0.3, 0.4) is 0 Å². The number of methoxy groups -OCH3 is 1. The van der Waals surface area contributed by atoms with Crippen molar-refractivity contribution in [2.24, 2.45) is 10.9 Å². The molecule has 2 rings (SSSR count). The molecule has 2 aromatic rings. The molecular formula is C12H11ClN4O3. The SMILES string of the molecule is COc1ccc(Cl)cc1/C(N)=N/OC(=O)c1cn[nH]c1. The number of rotatable bonds is 4. The van der Waals surface area contributed by atoms with Gasteiger partial charge in [-0.1, -0.05) is 16.8 Å². The van der Waals surface area contributed by atoms with Crippen LogP contribution in [-0.4, -0.2) is 29.1 Å². The zero-order chi connectivity index (χ0) is 14.5. The molecule has 1 aromatic carbocycles. The Morgan fingerprint density at radius 2 is 2.30 bits per heavy atom. The Morgan fingerprint density at radius 3 is 2.95 bits per heavy atom. The van der Waals surface area contributed by atoms with Crippen LogP contribution < -0.4 is 10.5 Å². The zero-order valence-electron chi connectivity index (χ0n) is 10.5. The number of oxime groups is 1. The lowest BCUT2D eigenvalue weighted by molar-refractivity contribution is 0.0516. The molecule has 3 N–H and O–H groups in total. The van der Waals surface area contributed by atoms with Gasteiger partial charge in [0.2, 0.25) is 0 Å². The van der Waals surface area contributed by atoms with Crippen molar-refractivity contribution in [2.75, 3.05) is 7.11 Å². The molecule has 0 unspecified atom stereocenters. The first-order valence-corrected chi connectivity index (χ1v) is 5.87. The van der Waals surface area contributed by atoms with E-state index in [0.29, 0.717) is 16.3 Å². The van der Waals surface area contributed by atoms with Crippen LogP contribution in [0.25, 0.3) is 0 Å². The number of nitrogens with one attached hydrogen (secondary N) is 1. The number of halogens is 1. The molecule has 1 heterocycles. The summed E-state index contributed by atoms with van der Waals surface area (Å²) in [5.41, 5.74) is 6.42. The van der Waals surface area contributed by atoms with Crippen molar-refractivity contribution < 1.29 is 14.4 Å². The lowest BCUT2D eigenvalue weighted by Gasteiger charge is -2.07. The van der Waals surface area contributed by atoms with Crippen molar-refractivity contribution >= 4 is 23.4 Å². The second-order valence-electron chi connectivity index (χ2n) is 3.69. The topological polar surface area (TPSA) is 103 Å². The Balaban J connectivity index is 2.18. The minimum atomic E-state index is -0.678. The van der Waals surface area contributed by atoms with Gasteiger partial charge in [-0.3, -0.25) is 5.10 Å². The Bertz CT molecular complexity index is 640. The summed E-state index contributed by atoms with van der Waals surface area (Å²) in [4.78, 5) is 16.3. The van der Waals surface area contributed by atoms with Crippen LogP contribution in [-0.2, 0) is 4.84 Å². The number of carbonyl (C=O) groups excluding carboxylic acids is 1. The molecule has 0 aliphatic carbocycles. The fourth-order valence-corrected chi connectivity index (χ4v) is 1.61. The number of aromatic amines is 1. The van der Waals surface area contributed by atoms with Crippen molar-refractivity contribution in [3.8, 4) is 5.75 Å². The molecule has 20 heavy (non-hydrogen) atoms. The lowest BCUT2D eigenvalue weighted by atomic mass is 10.2. The first kappa shape index (κ1) is 13.9. The predicted molar refractivity (Wildman–Crippen MR) is 72.7 cm³/mol. The van der Waals surface area contributed by atoms with Crippen molar-refractivity contribution in [1.82, 2.24) is 10.2 Å². The highest BCUT2D eigenvalue weighted by Crippen LogP contribution is 2.22. The van der Waals surface area contributed by atoms with Gasteiger partial charge in [-0.2, -0.15) is 5.10 Å². The Hall–Kier alpha value is -2.54. The van der Waals surface area contributed by atoms with E-state index >= 15 is 0 Å². The third-order valence-electron chi connectivity index (χ3n) is 2.40. The fraction of sp³-hybridized carbons (Fsp3) is 0.0833. The summed E-state index contributed by atoms with van der Waals surface area (Å²) < 4.78 is 5.13. The van der Waals surface area contributed by atoms with Gasteiger partial charge in [0.25, 0.3) is 0 Å². The van der Waals surface area contributed by atoms with Crippen molar-refractivity contribution in [3.05, 3.63) is 46.7 Å². The first-order valence-electron chi connectivity index (χ1n) is 5.49. The number of hydrogen-bond donors (Lipinski definition) is 2. The molecule has 104 valence electrons. The Kier molecular flexibility index (Phi) is 4.21. The van der Waals surface area contributed by atoms with Crippen molar-refractivity contribution in [1.29, 1.82) is 0 Å². The van der Waals surface area contributed by atoms with Gasteiger partial charge in [0.15, 0.2) is 5.84 Å². The normalized spacial score (nSPS) is 11.2. The van der Waals surface area contributed by atoms with Crippen molar-refractivity contribution in [3.63, 3.8) is 0 Å². The van der Waals surface area contributed by atoms with Crippen molar-refractivity contribution in [2.45, 2.75) is 0 Å². The molecule has 0 saturated heterocycles. The summed E-state index contributed by atoms with van der Waals surface area (Å²) in [7, 11) is 1.48. The molecule has 0 spiro atoms. The Labute approximate surface area is 119 Å². The second kappa shape index (κ2) is 6.07. The predicted octanol–water partition coefficient (Wildman–Crippen LogP) is 1.55. The van der Waals surface area contributed by atoms with E-state index in [2.05, 4.69) is 15.4 Å². The molecule has 1 aromatic heterocycles. The van der Waals surface area contributed by atoms with Crippen LogP contribution >= 0.6 is 11.6 Å². The molecule has 0 aliphatic heterocycles. The van der Waals surface area contributed by atoms with E-state index in [1.807, 2.05) is 0 Å².